The van der Waals surface area contributed by atoms with Crippen LogP contribution < -0.4 is 31.9 Å². The Morgan fingerprint density at radius 2 is 1.90 bits per heavy atom. The number of esters is 1. The molecule has 0 saturated carbocycles. The molecule has 3 amide bonds. The molecule has 2 aliphatic rings. The van der Waals surface area contributed by atoms with E-state index in [1.165, 1.54) is 7.11 Å². The van der Waals surface area contributed by atoms with Crippen LogP contribution >= 0.6 is 0 Å². The molecule has 1 unspecified atom stereocenters. The number of hydrogen-bond donors (Lipinski definition) is 7. The molecule has 2 heterocycles. The van der Waals surface area contributed by atoms with Gasteiger partial charge >= 0.3 is 5.97 Å². The van der Waals surface area contributed by atoms with Gasteiger partial charge < -0.3 is 31.2 Å². The van der Waals surface area contributed by atoms with Gasteiger partial charge in [-0.1, -0.05) is 26.0 Å². The van der Waals surface area contributed by atoms with Crippen molar-refractivity contribution in [2.45, 2.75) is 70.9 Å². The molecule has 0 aromatic heterocycles. The second-order valence-corrected chi connectivity index (χ2v) is 10.6. The summed E-state index contributed by atoms with van der Waals surface area (Å²) in [4.78, 5) is 52.5. The van der Waals surface area contributed by atoms with Crippen molar-refractivity contribution in [2.75, 3.05) is 20.3 Å². The highest BCUT2D eigenvalue weighted by Crippen LogP contribution is 2.27. The monoisotopic (exact) mass is 576 g/mol. The Bertz CT molecular complexity index is 1030. The van der Waals surface area contributed by atoms with Crippen molar-refractivity contribution in [3.8, 4) is 5.75 Å². The van der Waals surface area contributed by atoms with Gasteiger partial charge in [-0.3, -0.25) is 25.0 Å². The summed E-state index contributed by atoms with van der Waals surface area (Å²) in [6, 6.07) is 5.11. The fraction of sp³-hybridized carbons (Fsp3) is 0.607. The van der Waals surface area contributed by atoms with Crippen LogP contribution in [-0.2, 0) is 30.3 Å². The van der Waals surface area contributed by atoms with Crippen molar-refractivity contribution < 1.29 is 33.9 Å². The minimum absolute atomic E-state index is 0.0528. The quantitative estimate of drug-likeness (QED) is 0.0529. The minimum atomic E-state index is -1.07. The summed E-state index contributed by atoms with van der Waals surface area (Å²) >= 11 is 0. The predicted molar refractivity (Wildman–Crippen MR) is 151 cm³/mol. The van der Waals surface area contributed by atoms with Gasteiger partial charge in [-0.15, -0.1) is 0 Å². The van der Waals surface area contributed by atoms with Crippen molar-refractivity contribution in [3.63, 3.8) is 0 Å². The van der Waals surface area contributed by atoms with Crippen LogP contribution in [0.5, 0.6) is 5.75 Å². The summed E-state index contributed by atoms with van der Waals surface area (Å²) in [6.07, 6.45) is 2.66. The van der Waals surface area contributed by atoms with Gasteiger partial charge in [0.25, 0.3) is 0 Å². The molecule has 41 heavy (non-hydrogen) atoms. The third-order valence-corrected chi connectivity index (χ3v) is 6.96. The van der Waals surface area contributed by atoms with E-state index in [9.17, 15) is 24.4 Å². The molecule has 1 aromatic rings. The Morgan fingerprint density at radius 3 is 2.51 bits per heavy atom. The number of fused-ring (bicyclic) bond motifs is 12. The third kappa shape index (κ3) is 11.3. The smallest absolute Gasteiger partial charge is 0.328 e. The van der Waals surface area contributed by atoms with E-state index in [4.69, 9.17) is 20.6 Å². The van der Waals surface area contributed by atoms with E-state index in [-0.39, 0.29) is 24.7 Å². The number of carbonyl (C=O) groups excluding carboxylic acids is 4. The number of benzene rings is 1. The first kappa shape index (κ1) is 33.3. The van der Waals surface area contributed by atoms with Gasteiger partial charge in [0.05, 0.1) is 19.6 Å². The van der Waals surface area contributed by atoms with Gasteiger partial charge in [0, 0.05) is 18.9 Å². The first-order valence-corrected chi connectivity index (χ1v) is 14.0. The molecular weight excluding hydrogens is 532 g/mol. The number of nitrogens with two attached hydrogens (primary N) is 1. The van der Waals surface area contributed by atoms with E-state index in [0.29, 0.717) is 51.0 Å². The van der Waals surface area contributed by atoms with Crippen LogP contribution in [0.2, 0.25) is 0 Å². The Balaban J connectivity index is 2.37. The first-order valence-electron chi connectivity index (χ1n) is 14.0. The molecule has 8 N–H and O–H groups in total. The Kier molecular flexibility index (Phi) is 13.9. The van der Waals surface area contributed by atoms with Gasteiger partial charge in [-0.2, -0.15) is 0 Å². The summed E-state index contributed by atoms with van der Waals surface area (Å²) < 4.78 is 10.7. The van der Waals surface area contributed by atoms with Crippen molar-refractivity contribution >= 4 is 29.7 Å². The number of rotatable bonds is 10. The number of nitrogens with one attached hydrogen (secondary N) is 5. The van der Waals surface area contributed by atoms with Gasteiger partial charge in [-0.25, -0.2) is 10.3 Å². The molecule has 2 aliphatic heterocycles. The second kappa shape index (κ2) is 17.1. The number of hydrogen-bond acceptors (Lipinski definition) is 8. The number of methoxy groups -OCH3 is 1. The molecule has 2 bridgehead atoms. The summed E-state index contributed by atoms with van der Waals surface area (Å²) in [7, 11) is 1.22. The molecule has 13 nitrogen and oxygen atoms in total. The normalized spacial score (nSPS) is 20.4. The molecule has 4 atom stereocenters. The van der Waals surface area contributed by atoms with Crippen LogP contribution in [0.25, 0.3) is 0 Å². The summed E-state index contributed by atoms with van der Waals surface area (Å²) in [6.45, 7) is 4.60. The maximum Gasteiger partial charge on any atom is 0.328 e. The lowest BCUT2D eigenvalue weighted by molar-refractivity contribution is -0.146. The molecule has 0 spiro atoms. The summed E-state index contributed by atoms with van der Waals surface area (Å²) in [5.74, 6) is -3.52. The zero-order chi connectivity index (χ0) is 30.4. The standard InChI is InChI=1S/C28H44N6O7/c1-17(2)15-21-20(25(36)34-39)7-4-5-14-41-19-11-9-18(10-12-19)16-23(33-24(21)35)26(37)32-22(27(38)40-3)8-6-13-31-28(29)30/h9-12,17,20-23,39H,4-8,13-16H2,1-3H3,(H,32,37)(H,33,35)(H,34,36)(H4,29,30,31)/t20-,21+,22-,23?/m0/s1. The minimum Gasteiger partial charge on any atom is -0.494 e. The maximum atomic E-state index is 13.7. The lowest BCUT2D eigenvalue weighted by atomic mass is 9.81. The van der Waals surface area contributed by atoms with Gasteiger partial charge in [0.2, 0.25) is 17.7 Å². The fourth-order valence-corrected chi connectivity index (χ4v) is 4.85. The van der Waals surface area contributed by atoms with E-state index in [1.807, 2.05) is 13.8 Å². The molecule has 3 rings (SSSR count). The zero-order valence-electron chi connectivity index (χ0n) is 24.0. The highest BCUT2D eigenvalue weighted by molar-refractivity contribution is 5.93. The maximum absolute atomic E-state index is 13.7. The van der Waals surface area contributed by atoms with E-state index in [0.717, 1.165) is 5.56 Å². The van der Waals surface area contributed by atoms with Crippen LogP contribution in [0.1, 0.15) is 57.9 Å². The summed E-state index contributed by atoms with van der Waals surface area (Å²) in [5, 5.41) is 24.9. The Labute approximate surface area is 240 Å². The number of ether oxygens (including phenoxy) is 2. The largest absolute Gasteiger partial charge is 0.494 e. The lowest BCUT2D eigenvalue weighted by Gasteiger charge is -2.29. The second-order valence-electron chi connectivity index (χ2n) is 10.6. The number of amides is 3. The van der Waals surface area contributed by atoms with Crippen LogP contribution in [0, 0.1) is 23.2 Å². The average molecular weight is 577 g/mol. The fourth-order valence-electron chi connectivity index (χ4n) is 4.85. The van der Waals surface area contributed by atoms with Gasteiger partial charge in [-0.05, 0) is 62.1 Å². The molecule has 0 aliphatic carbocycles. The highest BCUT2D eigenvalue weighted by Gasteiger charge is 2.36. The molecule has 0 fully saturated rings. The van der Waals surface area contributed by atoms with Gasteiger partial charge in [0.1, 0.15) is 17.8 Å². The van der Waals surface area contributed by atoms with E-state index >= 15 is 0 Å². The zero-order valence-corrected chi connectivity index (χ0v) is 24.0. The molecule has 13 heteroatoms. The van der Waals surface area contributed by atoms with Crippen LogP contribution in [0.4, 0.5) is 0 Å². The topological polar surface area (TPSA) is 205 Å². The Morgan fingerprint density at radius 1 is 1.20 bits per heavy atom. The van der Waals surface area contributed by atoms with Gasteiger partial charge in [0.15, 0.2) is 5.96 Å². The Hall–Kier alpha value is -3.87. The highest BCUT2D eigenvalue weighted by atomic mass is 16.5. The van der Waals surface area contributed by atoms with Crippen LogP contribution in [-0.4, -0.2) is 67.2 Å². The van der Waals surface area contributed by atoms with Crippen LogP contribution in [0.3, 0.4) is 0 Å². The lowest BCUT2D eigenvalue weighted by Crippen LogP contribution is -2.54. The first-order chi connectivity index (χ1) is 19.5. The van der Waals surface area contributed by atoms with Crippen molar-refractivity contribution in [2.24, 2.45) is 23.5 Å². The molecule has 0 radical (unpaired) electrons. The van der Waals surface area contributed by atoms with Crippen molar-refractivity contribution in [1.82, 2.24) is 21.4 Å². The average Bonchev–Trinajstić information content (AvgIpc) is 2.95. The SMILES string of the molecule is COC(=O)[C@H](CCCNC(=N)N)NC(=O)C1Cc2ccc(cc2)OCCCC[C@H](C(=O)NO)[C@@H](CC(C)C)C(=O)N1. The van der Waals surface area contributed by atoms with E-state index < -0.39 is 47.6 Å². The van der Waals surface area contributed by atoms with Crippen LogP contribution in [0.15, 0.2) is 24.3 Å². The number of guanidine groups is 1. The number of hydroxylamine groups is 1. The third-order valence-electron chi connectivity index (χ3n) is 6.96. The van der Waals surface area contributed by atoms with E-state index in [2.05, 4.69) is 16.0 Å². The molecule has 228 valence electrons. The molecule has 0 saturated heterocycles. The molecular formula is C28H44N6O7. The van der Waals surface area contributed by atoms with Crippen molar-refractivity contribution in [3.05, 3.63) is 29.8 Å². The summed E-state index contributed by atoms with van der Waals surface area (Å²) in [5.41, 5.74) is 7.75. The predicted octanol–water partition coefficient (Wildman–Crippen LogP) is 0.982. The van der Waals surface area contributed by atoms with Crippen molar-refractivity contribution in [1.29, 1.82) is 5.41 Å². The number of carbonyl (C=O) groups is 4. The molecule has 1 aromatic carbocycles. The van der Waals surface area contributed by atoms with E-state index in [1.54, 1.807) is 29.7 Å².